The number of hydrogen-bond donors (Lipinski definition) is 1. The van der Waals surface area contributed by atoms with Crippen molar-refractivity contribution >= 4 is 33.3 Å². The number of halogens is 2. The minimum atomic E-state index is 0.633. The van der Waals surface area contributed by atoms with Gasteiger partial charge < -0.3 is 5.32 Å². The van der Waals surface area contributed by atoms with E-state index >= 15 is 0 Å². The lowest BCUT2D eigenvalue weighted by Crippen LogP contribution is -2.06. The third-order valence-corrected chi connectivity index (χ3v) is 3.59. The van der Waals surface area contributed by atoms with Gasteiger partial charge in [0.2, 0.25) is 0 Å². The van der Waals surface area contributed by atoms with Gasteiger partial charge in [0.15, 0.2) is 0 Å². The van der Waals surface area contributed by atoms with E-state index in [4.69, 9.17) is 11.6 Å². The van der Waals surface area contributed by atoms with E-state index in [1.807, 2.05) is 24.3 Å². The first-order chi connectivity index (χ1) is 9.20. The van der Waals surface area contributed by atoms with E-state index in [-0.39, 0.29) is 0 Å². The number of aromatic nitrogens is 2. The van der Waals surface area contributed by atoms with Crippen LogP contribution in [0.2, 0.25) is 5.02 Å². The zero-order valence-electron chi connectivity index (χ0n) is 10.7. The van der Waals surface area contributed by atoms with Crippen molar-refractivity contribution in [3.05, 3.63) is 51.3 Å². The minimum Gasteiger partial charge on any atom is -0.369 e. The fraction of sp³-hybridized carbons (Fsp3) is 0.286. The Hall–Kier alpha value is -1.13. The summed E-state index contributed by atoms with van der Waals surface area (Å²) in [5, 5.41) is 4.02. The predicted octanol–water partition coefficient (Wildman–Crippen LogP) is 4.31. The van der Waals surface area contributed by atoms with Crippen molar-refractivity contribution in [2.45, 2.75) is 19.8 Å². The topological polar surface area (TPSA) is 37.8 Å². The lowest BCUT2D eigenvalue weighted by molar-refractivity contribution is 0.927. The second-order valence-corrected chi connectivity index (χ2v) is 5.44. The number of benzene rings is 1. The van der Waals surface area contributed by atoms with Crippen LogP contribution in [-0.4, -0.2) is 16.5 Å². The molecule has 1 aromatic heterocycles. The van der Waals surface area contributed by atoms with Gasteiger partial charge in [0, 0.05) is 24.2 Å². The summed E-state index contributed by atoms with van der Waals surface area (Å²) in [6.45, 7) is 3.01. The highest BCUT2D eigenvalue weighted by atomic mass is 79.9. The molecule has 1 heterocycles. The van der Waals surface area contributed by atoms with E-state index in [0.29, 0.717) is 6.42 Å². The summed E-state index contributed by atoms with van der Waals surface area (Å²) in [5.74, 6) is 1.59. The maximum Gasteiger partial charge on any atom is 0.144 e. The van der Waals surface area contributed by atoms with Gasteiger partial charge in [-0.2, -0.15) is 0 Å². The molecular weight excluding hydrogens is 326 g/mol. The molecule has 0 amide bonds. The number of hydrogen-bond acceptors (Lipinski definition) is 3. The molecule has 0 saturated heterocycles. The smallest absolute Gasteiger partial charge is 0.144 e. The molecule has 0 spiro atoms. The van der Waals surface area contributed by atoms with Gasteiger partial charge in [-0.3, -0.25) is 0 Å². The van der Waals surface area contributed by atoms with E-state index in [0.717, 1.165) is 39.7 Å². The molecule has 2 aromatic rings. The highest BCUT2D eigenvalue weighted by Crippen LogP contribution is 2.21. The highest BCUT2D eigenvalue weighted by Gasteiger charge is 2.07. The van der Waals surface area contributed by atoms with Crippen molar-refractivity contribution in [2.24, 2.45) is 0 Å². The van der Waals surface area contributed by atoms with Crippen LogP contribution in [0.1, 0.15) is 24.7 Å². The van der Waals surface area contributed by atoms with Crippen LogP contribution in [0.3, 0.4) is 0 Å². The average molecular weight is 341 g/mol. The van der Waals surface area contributed by atoms with E-state index < -0.39 is 0 Å². The first kappa shape index (κ1) is 14.3. The Morgan fingerprint density at radius 3 is 2.84 bits per heavy atom. The fourth-order valence-electron chi connectivity index (χ4n) is 1.67. The summed E-state index contributed by atoms with van der Waals surface area (Å²) in [6.07, 6.45) is 3.46. The van der Waals surface area contributed by atoms with Crippen LogP contribution < -0.4 is 5.32 Å². The number of nitrogens with one attached hydrogen (secondary N) is 1. The molecule has 1 aromatic carbocycles. The van der Waals surface area contributed by atoms with Crippen LogP contribution in [0.5, 0.6) is 0 Å². The summed E-state index contributed by atoms with van der Waals surface area (Å²) in [5.41, 5.74) is 1.04. The molecule has 0 unspecified atom stereocenters. The predicted molar refractivity (Wildman–Crippen MR) is 82.8 cm³/mol. The lowest BCUT2D eigenvalue weighted by Gasteiger charge is -2.08. The Morgan fingerprint density at radius 2 is 2.11 bits per heavy atom. The molecule has 5 heteroatoms. The van der Waals surface area contributed by atoms with E-state index in [2.05, 4.69) is 38.1 Å². The van der Waals surface area contributed by atoms with Crippen molar-refractivity contribution in [3.8, 4) is 0 Å². The maximum atomic E-state index is 6.15. The van der Waals surface area contributed by atoms with Crippen LogP contribution >= 0.6 is 27.5 Å². The van der Waals surface area contributed by atoms with Gasteiger partial charge in [0.1, 0.15) is 11.6 Å². The molecule has 0 radical (unpaired) electrons. The summed E-state index contributed by atoms with van der Waals surface area (Å²) < 4.78 is 0.879. The highest BCUT2D eigenvalue weighted by molar-refractivity contribution is 9.10. The van der Waals surface area contributed by atoms with Gasteiger partial charge in [-0.15, -0.1) is 0 Å². The van der Waals surface area contributed by atoms with Gasteiger partial charge in [-0.25, -0.2) is 9.97 Å². The lowest BCUT2D eigenvalue weighted by atomic mass is 10.1. The average Bonchev–Trinajstić information content (AvgIpc) is 2.42. The zero-order valence-corrected chi connectivity index (χ0v) is 13.0. The number of anilines is 1. The Bertz CT molecular complexity index is 560. The quantitative estimate of drug-likeness (QED) is 0.881. The largest absolute Gasteiger partial charge is 0.369 e. The van der Waals surface area contributed by atoms with Gasteiger partial charge in [-0.1, -0.05) is 36.7 Å². The standard InChI is InChI=1S/C14H15BrClN3/c1-2-7-17-14-11(15)9-18-13(19-14)8-10-5-3-4-6-12(10)16/h3-6,9H,2,7-8H2,1H3,(H,17,18,19). The van der Waals surface area contributed by atoms with Crippen molar-refractivity contribution in [2.75, 3.05) is 11.9 Å². The molecule has 0 saturated carbocycles. The second kappa shape index (κ2) is 6.87. The van der Waals surface area contributed by atoms with Crippen LogP contribution in [-0.2, 0) is 6.42 Å². The molecule has 1 N–H and O–H groups in total. The number of nitrogens with zero attached hydrogens (tertiary/aromatic N) is 2. The summed E-state index contributed by atoms with van der Waals surface area (Å²) in [6, 6.07) is 7.76. The summed E-state index contributed by atoms with van der Waals surface area (Å²) in [7, 11) is 0. The summed E-state index contributed by atoms with van der Waals surface area (Å²) >= 11 is 9.60. The van der Waals surface area contributed by atoms with Crippen LogP contribution in [0, 0.1) is 0 Å². The van der Waals surface area contributed by atoms with Gasteiger partial charge in [-0.05, 0) is 34.0 Å². The van der Waals surface area contributed by atoms with E-state index in [9.17, 15) is 0 Å². The maximum absolute atomic E-state index is 6.15. The molecule has 0 atom stereocenters. The van der Waals surface area contributed by atoms with Crippen molar-refractivity contribution in [1.82, 2.24) is 9.97 Å². The molecule has 0 aliphatic heterocycles. The minimum absolute atomic E-state index is 0.633. The van der Waals surface area contributed by atoms with E-state index in [1.54, 1.807) is 6.20 Å². The zero-order chi connectivity index (χ0) is 13.7. The molecule has 19 heavy (non-hydrogen) atoms. The molecule has 0 fully saturated rings. The van der Waals surface area contributed by atoms with Gasteiger partial charge in [0.05, 0.1) is 4.47 Å². The fourth-order valence-corrected chi connectivity index (χ4v) is 2.20. The normalized spacial score (nSPS) is 10.5. The molecule has 0 aliphatic carbocycles. The third-order valence-electron chi connectivity index (χ3n) is 2.64. The molecule has 0 bridgehead atoms. The molecule has 2 rings (SSSR count). The van der Waals surface area contributed by atoms with Gasteiger partial charge in [0.25, 0.3) is 0 Å². The second-order valence-electron chi connectivity index (χ2n) is 4.18. The Kier molecular flexibility index (Phi) is 5.16. The molecule has 3 nitrogen and oxygen atoms in total. The SMILES string of the molecule is CCCNc1nc(Cc2ccccc2Cl)ncc1Br. The van der Waals surface area contributed by atoms with E-state index in [1.165, 1.54) is 0 Å². The first-order valence-corrected chi connectivity index (χ1v) is 7.36. The molecule has 100 valence electrons. The molecular formula is C14H15BrClN3. The number of rotatable bonds is 5. The monoisotopic (exact) mass is 339 g/mol. The van der Waals surface area contributed by atoms with Crippen molar-refractivity contribution in [1.29, 1.82) is 0 Å². The first-order valence-electron chi connectivity index (χ1n) is 6.19. The summed E-state index contributed by atoms with van der Waals surface area (Å²) in [4.78, 5) is 8.85. The van der Waals surface area contributed by atoms with Crippen molar-refractivity contribution < 1.29 is 0 Å². The van der Waals surface area contributed by atoms with Crippen molar-refractivity contribution in [3.63, 3.8) is 0 Å². The van der Waals surface area contributed by atoms with Gasteiger partial charge >= 0.3 is 0 Å². The van der Waals surface area contributed by atoms with Crippen LogP contribution in [0.25, 0.3) is 0 Å². The van der Waals surface area contributed by atoms with Crippen LogP contribution in [0.15, 0.2) is 34.9 Å². The Balaban J connectivity index is 2.19. The third kappa shape index (κ3) is 3.91. The molecule has 0 aliphatic rings. The Labute approximate surface area is 126 Å². The Morgan fingerprint density at radius 1 is 1.32 bits per heavy atom. The van der Waals surface area contributed by atoms with Crippen LogP contribution in [0.4, 0.5) is 5.82 Å².